The van der Waals surface area contributed by atoms with Crippen LogP contribution in [0, 0.1) is 21.7 Å². The van der Waals surface area contributed by atoms with Crippen LogP contribution in [0.2, 0.25) is 0 Å². The first-order valence-electron chi connectivity index (χ1n) is 17.6. The van der Waals surface area contributed by atoms with Crippen LogP contribution in [0.5, 0.6) is 0 Å². The van der Waals surface area contributed by atoms with Gasteiger partial charge in [0.1, 0.15) is 44.5 Å². The van der Waals surface area contributed by atoms with Gasteiger partial charge in [0.05, 0.1) is 69.7 Å². The maximum atomic E-state index is 13.5. The van der Waals surface area contributed by atoms with Crippen LogP contribution < -0.4 is 4.89 Å². The monoisotopic (exact) mass is 819 g/mol. The molecule has 0 aliphatic rings. The lowest BCUT2D eigenvalue weighted by Gasteiger charge is -2.39. The van der Waals surface area contributed by atoms with Crippen molar-refractivity contribution in [2.45, 2.75) is 79.5 Å². The molecule has 0 fully saturated rings. The smallest absolute Gasteiger partial charge is 0.327 e. The average molecular weight is 820 g/mol. The maximum Gasteiger partial charge on any atom is 0.327 e. The predicted molar refractivity (Wildman–Crippen MR) is 194 cm³/mol. The third-order valence-corrected chi connectivity index (χ3v) is 9.45. The molecule has 0 rings (SSSR count). The first kappa shape index (κ1) is 51.6. The van der Waals surface area contributed by atoms with E-state index in [-0.39, 0.29) is 58.9 Å². The summed E-state index contributed by atoms with van der Waals surface area (Å²) in [6.45, 7) is 10.3. The number of methoxy groups -OCH3 is 1. The van der Waals surface area contributed by atoms with Crippen molar-refractivity contribution in [1.82, 2.24) is 0 Å². The molecule has 54 heavy (non-hydrogen) atoms. The van der Waals surface area contributed by atoms with Crippen molar-refractivity contribution >= 4 is 49.3 Å². The van der Waals surface area contributed by atoms with Crippen LogP contribution >= 0.6 is 19.4 Å². The van der Waals surface area contributed by atoms with Gasteiger partial charge in [-0.15, -0.1) is 11.6 Å². The summed E-state index contributed by atoms with van der Waals surface area (Å²) >= 11 is 6.44. The highest BCUT2D eigenvalue weighted by Crippen LogP contribution is 2.45. The number of phosphoric ester groups is 1. The molecule has 0 saturated heterocycles. The average Bonchev–Trinajstić information content (AvgIpc) is 3.04. The number of alkyl halides is 1. The summed E-state index contributed by atoms with van der Waals surface area (Å²) in [6.07, 6.45) is -0.491. The number of hydrogen-bond acceptors (Lipinski definition) is 16. The Kier molecular flexibility index (Phi) is 20.8. The Bertz CT molecular complexity index is 1300. The molecule has 17 nitrogen and oxygen atoms in total. The van der Waals surface area contributed by atoms with Gasteiger partial charge in [-0.1, -0.05) is 0 Å². The Morgan fingerprint density at radius 2 is 1.13 bits per heavy atom. The Morgan fingerprint density at radius 3 is 1.65 bits per heavy atom. The number of nitrogens with zero attached hydrogens (tertiary/aromatic N) is 1. The molecule has 0 amide bonds. The molecule has 316 valence electrons. The van der Waals surface area contributed by atoms with E-state index >= 15 is 0 Å². The lowest BCUT2D eigenvalue weighted by Crippen LogP contribution is -2.46. The molecule has 0 heterocycles. The molecule has 19 heteroatoms. The largest absolute Gasteiger partial charge is 0.756 e. The number of hydrogen-bond donors (Lipinski definition) is 1. The van der Waals surface area contributed by atoms with Gasteiger partial charge in [-0.05, 0) is 74.7 Å². The highest BCUT2D eigenvalue weighted by molar-refractivity contribution is 7.45. The third kappa shape index (κ3) is 18.5. The Hall–Kier alpha value is -2.37. The Labute approximate surface area is 324 Å². The summed E-state index contributed by atoms with van der Waals surface area (Å²) in [5.41, 5.74) is -5.36. The Morgan fingerprint density at radius 1 is 0.667 bits per heavy atom. The molecule has 1 N–H and O–H groups in total. The minimum Gasteiger partial charge on any atom is -0.756 e. The van der Waals surface area contributed by atoms with E-state index in [2.05, 4.69) is 0 Å². The van der Waals surface area contributed by atoms with Crippen molar-refractivity contribution in [2.75, 3.05) is 94.3 Å². The SMILES string of the molecule is CCOCC(C)(CC(C)(CC(C)(C)C(=O)OC)C(=O)OCCO)C(=O)OCCOC(=O)C(C)(C)CC(C)(Cl)C(=O)OCCOP(=O)([O-])OCC[N+](C)(C)C. The van der Waals surface area contributed by atoms with Gasteiger partial charge in [0.15, 0.2) is 0 Å². The van der Waals surface area contributed by atoms with Crippen molar-refractivity contribution in [2.24, 2.45) is 21.7 Å². The lowest BCUT2D eigenvalue weighted by molar-refractivity contribution is -0.870. The molecule has 0 aromatic heterocycles. The number of halogens is 1. The summed E-state index contributed by atoms with van der Waals surface area (Å²) in [7, 11) is 2.20. The van der Waals surface area contributed by atoms with Crippen molar-refractivity contribution < 1.29 is 80.5 Å². The maximum absolute atomic E-state index is 13.5. The zero-order chi connectivity index (χ0) is 42.2. The quantitative estimate of drug-likeness (QED) is 0.0315. The first-order chi connectivity index (χ1) is 24.5. The second-order valence-electron chi connectivity index (χ2n) is 16.1. The summed E-state index contributed by atoms with van der Waals surface area (Å²) in [5.74, 6) is -3.78. The summed E-state index contributed by atoms with van der Waals surface area (Å²) in [4.78, 5) is 75.3. The van der Waals surface area contributed by atoms with E-state index in [4.69, 9.17) is 49.1 Å². The van der Waals surface area contributed by atoms with Crippen molar-refractivity contribution in [3.05, 3.63) is 0 Å². The molecule has 4 atom stereocenters. The highest BCUT2D eigenvalue weighted by Gasteiger charge is 2.51. The minimum atomic E-state index is -4.61. The predicted octanol–water partition coefficient (Wildman–Crippen LogP) is 2.80. The normalized spacial score (nSPS) is 16.8. The fourth-order valence-corrected chi connectivity index (χ4v) is 6.79. The van der Waals surface area contributed by atoms with Gasteiger partial charge in [0.25, 0.3) is 7.82 Å². The van der Waals surface area contributed by atoms with Gasteiger partial charge in [-0.2, -0.15) is 0 Å². The van der Waals surface area contributed by atoms with Crippen LogP contribution in [0.4, 0.5) is 0 Å². The van der Waals surface area contributed by atoms with Crippen LogP contribution in [-0.4, -0.2) is 139 Å². The molecule has 0 radical (unpaired) electrons. The second-order valence-corrected chi connectivity index (χ2v) is 18.4. The number of aliphatic hydroxyl groups is 1. The molecule has 0 aliphatic heterocycles. The zero-order valence-electron chi connectivity index (χ0n) is 34.0. The number of aliphatic hydroxyl groups excluding tert-OH is 1. The van der Waals surface area contributed by atoms with Crippen molar-refractivity contribution in [3.8, 4) is 0 Å². The van der Waals surface area contributed by atoms with Gasteiger partial charge in [0, 0.05) is 6.61 Å². The standard InChI is InChI=1S/C35H63ClNO16P/c1-13-47-25-34(7,24-33(6,28(41)48-17-15-38)22-31(2,3)26(39)46-12)29(42)50-19-18-49-27(40)32(4,5)23-35(8,36)30(43)51-20-21-53-54(44,45)52-16-14-37(9,10)11/h38H,13-25H2,1-12H3. The van der Waals surface area contributed by atoms with E-state index in [1.807, 2.05) is 21.1 Å². The molecule has 4 unspecified atom stereocenters. The number of quaternary nitrogens is 1. The minimum absolute atomic E-state index is 0.0754. The number of likely N-dealkylation sites (N-methyl/N-ethyl adjacent to an activating group) is 1. The molecule has 0 aromatic rings. The molecule has 0 saturated carbocycles. The van der Waals surface area contributed by atoms with Gasteiger partial charge in [-0.3, -0.25) is 28.5 Å². The van der Waals surface area contributed by atoms with Crippen LogP contribution in [0.3, 0.4) is 0 Å². The van der Waals surface area contributed by atoms with E-state index in [1.165, 1.54) is 34.8 Å². The topological polar surface area (TPSA) is 220 Å². The number of carbonyl (C=O) groups excluding carboxylic acids is 5. The van der Waals surface area contributed by atoms with Gasteiger partial charge >= 0.3 is 29.8 Å². The van der Waals surface area contributed by atoms with Crippen LogP contribution in [0.25, 0.3) is 0 Å². The lowest BCUT2D eigenvalue weighted by atomic mass is 9.66. The summed E-state index contributed by atoms with van der Waals surface area (Å²) in [5, 5.41) is 9.23. The number of rotatable bonds is 27. The molecule has 0 spiro atoms. The van der Waals surface area contributed by atoms with E-state index < -0.39 is 84.0 Å². The van der Waals surface area contributed by atoms with Gasteiger partial charge in [-0.25, -0.2) is 0 Å². The number of esters is 5. The van der Waals surface area contributed by atoms with E-state index in [0.29, 0.717) is 11.0 Å². The van der Waals surface area contributed by atoms with E-state index in [0.717, 1.165) is 0 Å². The molecular formula is C35H63ClNO16P. The van der Waals surface area contributed by atoms with Crippen LogP contribution in [-0.2, 0) is 66.0 Å². The summed E-state index contributed by atoms with van der Waals surface area (Å²) in [6, 6.07) is 0. The zero-order valence-corrected chi connectivity index (χ0v) is 35.7. The molecule has 0 bridgehead atoms. The van der Waals surface area contributed by atoms with Crippen molar-refractivity contribution in [3.63, 3.8) is 0 Å². The van der Waals surface area contributed by atoms with Crippen molar-refractivity contribution in [1.29, 1.82) is 0 Å². The van der Waals surface area contributed by atoms with E-state index in [9.17, 15) is 38.5 Å². The van der Waals surface area contributed by atoms with Gasteiger partial charge in [0.2, 0.25) is 0 Å². The highest BCUT2D eigenvalue weighted by atomic mass is 35.5. The fraction of sp³-hybridized carbons (Fsp3) is 0.857. The number of carbonyl (C=O) groups is 5. The third-order valence-electron chi connectivity index (χ3n) is 8.16. The fourth-order valence-electron chi connectivity index (χ4n) is 5.72. The van der Waals surface area contributed by atoms with Gasteiger partial charge < -0.3 is 52.0 Å². The first-order valence-corrected chi connectivity index (χ1v) is 19.4. The van der Waals surface area contributed by atoms with Crippen LogP contribution in [0.1, 0.15) is 74.7 Å². The second kappa shape index (κ2) is 21.8. The number of phosphoric acid groups is 1. The number of ether oxygens (including phenoxy) is 6. The van der Waals surface area contributed by atoms with Crippen LogP contribution in [0.15, 0.2) is 0 Å². The molecule has 0 aliphatic carbocycles. The molecular weight excluding hydrogens is 757 g/mol. The molecule has 0 aromatic carbocycles. The summed E-state index contributed by atoms with van der Waals surface area (Å²) < 4.78 is 53.6. The Balaban J connectivity index is 5.42. The van der Waals surface area contributed by atoms with E-state index in [1.54, 1.807) is 27.7 Å².